The SMILES string of the molecule is Brc1ccc2nc(N3CCOCC3)oc2n1. The van der Waals surface area contributed by atoms with Crippen LogP contribution in [-0.4, -0.2) is 36.3 Å². The van der Waals surface area contributed by atoms with Crippen molar-refractivity contribution in [2.24, 2.45) is 0 Å². The Hall–Kier alpha value is -1.14. The van der Waals surface area contributed by atoms with Crippen LogP contribution in [0.1, 0.15) is 0 Å². The highest BCUT2D eigenvalue weighted by atomic mass is 79.9. The van der Waals surface area contributed by atoms with Crippen molar-refractivity contribution in [1.82, 2.24) is 9.97 Å². The monoisotopic (exact) mass is 283 g/mol. The van der Waals surface area contributed by atoms with E-state index < -0.39 is 0 Å². The van der Waals surface area contributed by atoms with E-state index in [-0.39, 0.29) is 0 Å². The number of pyridine rings is 1. The number of fused-ring (bicyclic) bond motifs is 1. The number of hydrogen-bond donors (Lipinski definition) is 0. The summed E-state index contributed by atoms with van der Waals surface area (Å²) in [4.78, 5) is 10.7. The van der Waals surface area contributed by atoms with Gasteiger partial charge in [-0.25, -0.2) is 4.98 Å². The quantitative estimate of drug-likeness (QED) is 0.748. The molecular formula is C10H10BrN3O2. The number of halogens is 1. The fraction of sp³-hybridized carbons (Fsp3) is 0.400. The molecule has 2 aromatic heterocycles. The summed E-state index contributed by atoms with van der Waals surface area (Å²) in [6.45, 7) is 3.06. The van der Waals surface area contributed by atoms with E-state index in [4.69, 9.17) is 9.15 Å². The number of aromatic nitrogens is 2. The molecule has 1 saturated heterocycles. The van der Waals surface area contributed by atoms with Gasteiger partial charge in [-0.1, -0.05) is 0 Å². The van der Waals surface area contributed by atoms with Crippen LogP contribution >= 0.6 is 15.9 Å². The van der Waals surface area contributed by atoms with Gasteiger partial charge in [0.15, 0.2) is 0 Å². The van der Waals surface area contributed by atoms with Crippen LogP contribution in [0.15, 0.2) is 21.2 Å². The highest BCUT2D eigenvalue weighted by Gasteiger charge is 2.17. The normalized spacial score (nSPS) is 16.9. The van der Waals surface area contributed by atoms with Crippen molar-refractivity contribution >= 4 is 33.2 Å². The number of hydrogen-bond acceptors (Lipinski definition) is 5. The maximum Gasteiger partial charge on any atom is 0.299 e. The van der Waals surface area contributed by atoms with Crippen LogP contribution in [0.2, 0.25) is 0 Å². The zero-order valence-electron chi connectivity index (χ0n) is 8.52. The lowest BCUT2D eigenvalue weighted by molar-refractivity contribution is 0.120. The van der Waals surface area contributed by atoms with Crippen LogP contribution in [0.4, 0.5) is 6.01 Å². The second-order valence-electron chi connectivity index (χ2n) is 3.55. The minimum absolute atomic E-state index is 0.566. The third kappa shape index (κ3) is 1.78. The van der Waals surface area contributed by atoms with Crippen LogP contribution in [0, 0.1) is 0 Å². The molecule has 0 unspecified atom stereocenters. The maximum absolute atomic E-state index is 5.61. The number of anilines is 1. The molecule has 0 radical (unpaired) electrons. The summed E-state index contributed by atoms with van der Waals surface area (Å²) in [5, 5.41) is 0. The van der Waals surface area contributed by atoms with E-state index in [9.17, 15) is 0 Å². The van der Waals surface area contributed by atoms with E-state index in [2.05, 4.69) is 30.8 Å². The summed E-state index contributed by atoms with van der Waals surface area (Å²) in [6.07, 6.45) is 0. The molecule has 0 atom stereocenters. The van der Waals surface area contributed by atoms with Crippen LogP contribution in [0.25, 0.3) is 11.2 Å². The number of nitrogens with zero attached hydrogens (tertiary/aromatic N) is 3. The third-order valence-corrected chi connectivity index (χ3v) is 2.93. The van der Waals surface area contributed by atoms with E-state index in [1.165, 1.54) is 0 Å². The van der Waals surface area contributed by atoms with Gasteiger partial charge in [0.25, 0.3) is 6.01 Å². The molecule has 6 heteroatoms. The molecule has 1 aliphatic heterocycles. The predicted molar refractivity (Wildman–Crippen MR) is 62.5 cm³/mol. The average Bonchev–Trinajstić information content (AvgIpc) is 2.73. The summed E-state index contributed by atoms with van der Waals surface area (Å²) in [5.41, 5.74) is 1.35. The van der Waals surface area contributed by atoms with Crippen molar-refractivity contribution in [2.75, 3.05) is 31.2 Å². The lowest BCUT2D eigenvalue weighted by Gasteiger charge is -2.24. The topological polar surface area (TPSA) is 51.4 Å². The van der Waals surface area contributed by atoms with Crippen molar-refractivity contribution < 1.29 is 9.15 Å². The molecule has 0 saturated carbocycles. The van der Waals surface area contributed by atoms with Gasteiger partial charge in [-0.3, -0.25) is 0 Å². The number of oxazole rings is 1. The molecule has 1 aliphatic rings. The molecule has 5 nitrogen and oxygen atoms in total. The molecule has 0 aromatic carbocycles. The van der Waals surface area contributed by atoms with E-state index in [1.54, 1.807) is 0 Å². The zero-order chi connectivity index (χ0) is 11.0. The zero-order valence-corrected chi connectivity index (χ0v) is 10.1. The third-order valence-electron chi connectivity index (χ3n) is 2.49. The molecular weight excluding hydrogens is 274 g/mol. The van der Waals surface area contributed by atoms with E-state index in [1.807, 2.05) is 12.1 Å². The van der Waals surface area contributed by atoms with E-state index >= 15 is 0 Å². The van der Waals surface area contributed by atoms with Gasteiger partial charge >= 0.3 is 0 Å². The first-order chi connectivity index (χ1) is 7.83. The number of rotatable bonds is 1. The predicted octanol–water partition coefficient (Wildman–Crippen LogP) is 1.82. The summed E-state index contributed by atoms with van der Waals surface area (Å²) >= 11 is 3.31. The number of morpholine rings is 1. The lowest BCUT2D eigenvalue weighted by atomic mass is 10.4. The van der Waals surface area contributed by atoms with E-state index in [0.717, 1.165) is 36.4 Å². The smallest absolute Gasteiger partial charge is 0.299 e. The standard InChI is InChI=1S/C10H10BrN3O2/c11-8-2-1-7-9(13-8)16-10(12-7)14-3-5-15-6-4-14/h1-2H,3-6H2. The van der Waals surface area contributed by atoms with Gasteiger partial charge in [-0.2, -0.15) is 4.98 Å². The summed E-state index contributed by atoms with van der Waals surface area (Å²) in [6, 6.07) is 4.37. The molecule has 0 amide bonds. The molecule has 3 heterocycles. The summed E-state index contributed by atoms with van der Waals surface area (Å²) in [7, 11) is 0. The van der Waals surface area contributed by atoms with Crippen molar-refractivity contribution in [2.45, 2.75) is 0 Å². The van der Waals surface area contributed by atoms with Crippen molar-refractivity contribution in [3.63, 3.8) is 0 Å². The Bertz CT molecular complexity index is 508. The fourth-order valence-corrected chi connectivity index (χ4v) is 1.97. The summed E-state index contributed by atoms with van der Waals surface area (Å²) < 4.78 is 11.6. The van der Waals surface area contributed by atoms with Crippen LogP contribution < -0.4 is 4.90 Å². The van der Waals surface area contributed by atoms with Gasteiger partial charge < -0.3 is 14.1 Å². The average molecular weight is 284 g/mol. The summed E-state index contributed by atoms with van der Waals surface area (Å²) in [5.74, 6) is 0. The number of ether oxygens (including phenoxy) is 1. The van der Waals surface area contributed by atoms with Gasteiger partial charge in [0, 0.05) is 13.1 Å². The minimum atomic E-state index is 0.566. The first kappa shape index (κ1) is 10.0. The fourth-order valence-electron chi connectivity index (χ4n) is 1.67. The molecule has 3 rings (SSSR count). The first-order valence-corrected chi connectivity index (χ1v) is 5.88. The highest BCUT2D eigenvalue weighted by Crippen LogP contribution is 2.22. The highest BCUT2D eigenvalue weighted by molar-refractivity contribution is 9.10. The van der Waals surface area contributed by atoms with Crippen molar-refractivity contribution in [3.05, 3.63) is 16.7 Å². The Morgan fingerprint density at radius 1 is 1.19 bits per heavy atom. The molecule has 84 valence electrons. The minimum Gasteiger partial charge on any atom is -0.404 e. The molecule has 16 heavy (non-hydrogen) atoms. The second kappa shape index (κ2) is 4.03. The van der Waals surface area contributed by atoms with Crippen molar-refractivity contribution in [3.8, 4) is 0 Å². The van der Waals surface area contributed by atoms with Gasteiger partial charge in [0.2, 0.25) is 5.71 Å². The second-order valence-corrected chi connectivity index (χ2v) is 4.37. The molecule has 0 spiro atoms. The molecule has 1 fully saturated rings. The molecule has 0 N–H and O–H groups in total. The van der Waals surface area contributed by atoms with Crippen molar-refractivity contribution in [1.29, 1.82) is 0 Å². The lowest BCUT2D eigenvalue weighted by Crippen LogP contribution is -2.36. The van der Waals surface area contributed by atoms with Gasteiger partial charge in [0.05, 0.1) is 13.2 Å². The Kier molecular flexibility index (Phi) is 2.53. The Labute approximate surface area is 101 Å². The van der Waals surface area contributed by atoms with Crippen LogP contribution in [-0.2, 0) is 4.74 Å². The first-order valence-electron chi connectivity index (χ1n) is 5.09. The van der Waals surface area contributed by atoms with E-state index in [0.29, 0.717) is 11.7 Å². The van der Waals surface area contributed by atoms with Crippen LogP contribution in [0.3, 0.4) is 0 Å². The molecule has 0 bridgehead atoms. The maximum atomic E-state index is 5.61. The largest absolute Gasteiger partial charge is 0.404 e. The Morgan fingerprint density at radius 2 is 2.00 bits per heavy atom. The molecule has 2 aromatic rings. The van der Waals surface area contributed by atoms with Gasteiger partial charge in [-0.05, 0) is 28.1 Å². The van der Waals surface area contributed by atoms with Gasteiger partial charge in [-0.15, -0.1) is 0 Å². The van der Waals surface area contributed by atoms with Crippen LogP contribution in [0.5, 0.6) is 0 Å². The van der Waals surface area contributed by atoms with Gasteiger partial charge in [0.1, 0.15) is 10.1 Å². The molecule has 0 aliphatic carbocycles. The Balaban J connectivity index is 1.97. The Morgan fingerprint density at radius 3 is 2.81 bits per heavy atom.